The fourth-order valence-electron chi connectivity index (χ4n) is 2.08. The van der Waals surface area contributed by atoms with Gasteiger partial charge in [-0.15, -0.1) is 0 Å². The summed E-state index contributed by atoms with van der Waals surface area (Å²) in [6.07, 6.45) is 3.64. The van der Waals surface area contributed by atoms with Crippen LogP contribution in [0, 0.1) is 6.92 Å². The molecule has 0 saturated heterocycles. The van der Waals surface area contributed by atoms with Crippen molar-refractivity contribution in [2.75, 3.05) is 18.5 Å². The number of aryl methyl sites for hydroxylation is 1. The van der Waals surface area contributed by atoms with Gasteiger partial charge in [-0.2, -0.15) is 0 Å². The molecule has 0 spiro atoms. The van der Waals surface area contributed by atoms with Crippen molar-refractivity contribution in [3.63, 3.8) is 0 Å². The molecule has 4 nitrogen and oxygen atoms in total. The van der Waals surface area contributed by atoms with E-state index in [0.717, 1.165) is 31.1 Å². The van der Waals surface area contributed by atoms with Gasteiger partial charge in [-0.25, -0.2) is 4.98 Å². The molecule has 0 atom stereocenters. The molecule has 0 aliphatic rings. The Morgan fingerprint density at radius 3 is 2.55 bits per heavy atom. The van der Waals surface area contributed by atoms with Gasteiger partial charge < -0.3 is 10.2 Å². The van der Waals surface area contributed by atoms with Crippen LogP contribution in [0.3, 0.4) is 0 Å². The molecule has 0 saturated carbocycles. The number of nitrogens with one attached hydrogen (secondary N) is 1. The van der Waals surface area contributed by atoms with Crippen molar-refractivity contribution >= 4 is 5.82 Å². The Balaban J connectivity index is 2.07. The van der Waals surface area contributed by atoms with Crippen LogP contribution < -0.4 is 10.2 Å². The van der Waals surface area contributed by atoms with Gasteiger partial charge >= 0.3 is 0 Å². The van der Waals surface area contributed by atoms with Gasteiger partial charge in [0, 0.05) is 38.2 Å². The standard InChI is InChI=1S/C16H22N4/c1-4-17-11-15-5-6-16(19-13(15)2)20(3)12-14-7-9-18-10-8-14/h5-10,17H,4,11-12H2,1-3H3. The van der Waals surface area contributed by atoms with Crippen LogP contribution in [-0.2, 0) is 13.1 Å². The van der Waals surface area contributed by atoms with Crippen LogP contribution in [0.5, 0.6) is 0 Å². The van der Waals surface area contributed by atoms with E-state index in [1.807, 2.05) is 24.5 Å². The van der Waals surface area contributed by atoms with E-state index in [1.54, 1.807) is 0 Å². The van der Waals surface area contributed by atoms with Crippen molar-refractivity contribution in [3.8, 4) is 0 Å². The highest BCUT2D eigenvalue weighted by Crippen LogP contribution is 2.15. The first kappa shape index (κ1) is 14.5. The van der Waals surface area contributed by atoms with Crippen molar-refractivity contribution in [1.82, 2.24) is 15.3 Å². The largest absolute Gasteiger partial charge is 0.355 e. The number of pyridine rings is 2. The van der Waals surface area contributed by atoms with Gasteiger partial charge in [0.1, 0.15) is 5.82 Å². The van der Waals surface area contributed by atoms with Crippen molar-refractivity contribution in [2.24, 2.45) is 0 Å². The SMILES string of the molecule is CCNCc1ccc(N(C)Cc2ccncc2)nc1C. The van der Waals surface area contributed by atoms with E-state index in [9.17, 15) is 0 Å². The van der Waals surface area contributed by atoms with E-state index in [1.165, 1.54) is 11.1 Å². The maximum Gasteiger partial charge on any atom is 0.128 e. The first-order valence-electron chi connectivity index (χ1n) is 6.98. The van der Waals surface area contributed by atoms with Crippen molar-refractivity contribution in [1.29, 1.82) is 0 Å². The maximum atomic E-state index is 4.69. The topological polar surface area (TPSA) is 41.0 Å². The second-order valence-electron chi connectivity index (χ2n) is 4.91. The van der Waals surface area contributed by atoms with E-state index in [2.05, 4.69) is 48.2 Å². The van der Waals surface area contributed by atoms with E-state index in [4.69, 9.17) is 4.98 Å². The van der Waals surface area contributed by atoms with Gasteiger partial charge in [0.05, 0.1) is 0 Å². The maximum absolute atomic E-state index is 4.69. The molecule has 0 radical (unpaired) electrons. The average Bonchev–Trinajstić information content (AvgIpc) is 2.47. The summed E-state index contributed by atoms with van der Waals surface area (Å²) in [6.45, 7) is 6.87. The molecule has 0 bridgehead atoms. The normalized spacial score (nSPS) is 10.6. The summed E-state index contributed by atoms with van der Waals surface area (Å²) in [5.74, 6) is 1.000. The molecule has 1 N–H and O–H groups in total. The molecule has 0 unspecified atom stereocenters. The molecular formula is C16H22N4. The molecule has 0 aromatic carbocycles. The number of rotatable bonds is 6. The number of anilines is 1. The lowest BCUT2D eigenvalue weighted by atomic mass is 10.2. The predicted octanol–water partition coefficient (Wildman–Crippen LogP) is 2.53. The van der Waals surface area contributed by atoms with Gasteiger partial charge in [0.15, 0.2) is 0 Å². The number of nitrogens with zero attached hydrogens (tertiary/aromatic N) is 3. The molecule has 0 aliphatic carbocycles. The van der Waals surface area contributed by atoms with Crippen LogP contribution >= 0.6 is 0 Å². The Kier molecular flexibility index (Phi) is 5.07. The lowest BCUT2D eigenvalue weighted by Crippen LogP contribution is -2.19. The summed E-state index contributed by atoms with van der Waals surface area (Å²) < 4.78 is 0. The van der Waals surface area contributed by atoms with Gasteiger partial charge in [-0.05, 0) is 42.8 Å². The number of hydrogen-bond donors (Lipinski definition) is 1. The zero-order valence-corrected chi connectivity index (χ0v) is 12.4. The molecule has 106 valence electrons. The fourth-order valence-corrected chi connectivity index (χ4v) is 2.08. The predicted molar refractivity (Wildman–Crippen MR) is 82.7 cm³/mol. The third-order valence-corrected chi connectivity index (χ3v) is 3.31. The minimum absolute atomic E-state index is 0.835. The molecule has 4 heteroatoms. The zero-order chi connectivity index (χ0) is 14.4. The van der Waals surface area contributed by atoms with E-state index in [-0.39, 0.29) is 0 Å². The minimum Gasteiger partial charge on any atom is -0.355 e. The van der Waals surface area contributed by atoms with Crippen LogP contribution in [0.4, 0.5) is 5.82 Å². The first-order chi connectivity index (χ1) is 9.70. The third-order valence-electron chi connectivity index (χ3n) is 3.31. The first-order valence-corrected chi connectivity index (χ1v) is 6.98. The van der Waals surface area contributed by atoms with Crippen LogP contribution in [0.25, 0.3) is 0 Å². The van der Waals surface area contributed by atoms with Crippen LogP contribution in [-0.4, -0.2) is 23.6 Å². The Hall–Kier alpha value is -1.94. The number of hydrogen-bond acceptors (Lipinski definition) is 4. The number of aromatic nitrogens is 2. The van der Waals surface area contributed by atoms with Crippen molar-refractivity contribution in [2.45, 2.75) is 26.9 Å². The highest BCUT2D eigenvalue weighted by Gasteiger charge is 2.06. The van der Waals surface area contributed by atoms with E-state index >= 15 is 0 Å². The molecule has 0 aliphatic heterocycles. The minimum atomic E-state index is 0.835. The highest BCUT2D eigenvalue weighted by molar-refractivity contribution is 5.41. The average molecular weight is 270 g/mol. The Morgan fingerprint density at radius 2 is 1.90 bits per heavy atom. The van der Waals surface area contributed by atoms with Crippen LogP contribution in [0.2, 0.25) is 0 Å². The quantitative estimate of drug-likeness (QED) is 0.876. The summed E-state index contributed by atoms with van der Waals surface area (Å²) in [5, 5.41) is 3.33. The summed E-state index contributed by atoms with van der Waals surface area (Å²) in [5.41, 5.74) is 3.58. The molecule has 0 amide bonds. The Labute approximate surface area is 120 Å². The zero-order valence-electron chi connectivity index (χ0n) is 12.4. The fraction of sp³-hybridized carbons (Fsp3) is 0.375. The van der Waals surface area contributed by atoms with E-state index < -0.39 is 0 Å². The smallest absolute Gasteiger partial charge is 0.128 e. The van der Waals surface area contributed by atoms with Gasteiger partial charge in [-0.1, -0.05) is 13.0 Å². The van der Waals surface area contributed by atoms with Gasteiger partial charge in [0.2, 0.25) is 0 Å². The van der Waals surface area contributed by atoms with E-state index in [0.29, 0.717) is 0 Å². The van der Waals surface area contributed by atoms with Crippen LogP contribution in [0.1, 0.15) is 23.7 Å². The second kappa shape index (κ2) is 7.01. The monoisotopic (exact) mass is 270 g/mol. The summed E-state index contributed by atoms with van der Waals surface area (Å²) in [7, 11) is 2.06. The molecule has 2 aromatic rings. The molecule has 20 heavy (non-hydrogen) atoms. The Morgan fingerprint density at radius 1 is 1.15 bits per heavy atom. The van der Waals surface area contributed by atoms with Gasteiger partial charge in [-0.3, -0.25) is 4.98 Å². The summed E-state index contributed by atoms with van der Waals surface area (Å²) in [6, 6.07) is 8.30. The van der Waals surface area contributed by atoms with Gasteiger partial charge in [0.25, 0.3) is 0 Å². The summed E-state index contributed by atoms with van der Waals surface area (Å²) >= 11 is 0. The third kappa shape index (κ3) is 3.78. The Bertz CT molecular complexity index is 539. The van der Waals surface area contributed by atoms with Crippen LogP contribution in [0.15, 0.2) is 36.7 Å². The molecule has 2 aromatic heterocycles. The molecule has 2 heterocycles. The second-order valence-corrected chi connectivity index (χ2v) is 4.91. The summed E-state index contributed by atoms with van der Waals surface area (Å²) in [4.78, 5) is 10.9. The van der Waals surface area contributed by atoms with Crippen molar-refractivity contribution in [3.05, 3.63) is 53.5 Å². The molecular weight excluding hydrogens is 248 g/mol. The highest BCUT2D eigenvalue weighted by atomic mass is 15.2. The lowest BCUT2D eigenvalue weighted by molar-refractivity contribution is 0.719. The molecule has 0 fully saturated rings. The molecule has 2 rings (SSSR count). The lowest BCUT2D eigenvalue weighted by Gasteiger charge is -2.19. The van der Waals surface area contributed by atoms with Crippen molar-refractivity contribution < 1.29 is 0 Å².